The first kappa shape index (κ1) is 21.1. The molecule has 0 N–H and O–H groups in total. The zero-order chi connectivity index (χ0) is 22.2. The smallest absolute Gasteiger partial charge is 0.178 e. The Balaban J connectivity index is 1.28. The van der Waals surface area contributed by atoms with E-state index < -0.39 is 0 Å². The first-order valence-electron chi connectivity index (χ1n) is 10.2. The summed E-state index contributed by atoms with van der Waals surface area (Å²) in [5.74, 6) is 4.27. The van der Waals surface area contributed by atoms with Crippen LogP contribution < -0.4 is 24.0 Å². The van der Waals surface area contributed by atoms with Crippen molar-refractivity contribution in [2.75, 3.05) is 14.2 Å². The van der Waals surface area contributed by atoms with Gasteiger partial charge in [0.1, 0.15) is 23.0 Å². The zero-order valence-electron chi connectivity index (χ0n) is 18.0. The van der Waals surface area contributed by atoms with Gasteiger partial charge in [0.15, 0.2) is 11.5 Å². The average molecular weight is 428 g/mol. The van der Waals surface area contributed by atoms with E-state index in [0.29, 0.717) is 17.2 Å². The van der Waals surface area contributed by atoms with E-state index >= 15 is 0 Å². The Labute approximate surface area is 187 Å². The molecule has 4 aromatic rings. The molecule has 162 valence electrons. The Kier molecular flexibility index (Phi) is 6.78. The molecule has 0 aliphatic rings. The van der Waals surface area contributed by atoms with Crippen LogP contribution in [0.4, 0.5) is 0 Å². The minimum Gasteiger partial charge on any atom is -0.497 e. The molecular weight excluding hydrogens is 404 g/mol. The molecular formula is C27H24O5. The van der Waals surface area contributed by atoms with Gasteiger partial charge in [-0.25, -0.2) is 0 Å². The summed E-state index contributed by atoms with van der Waals surface area (Å²) in [5, 5.41) is 0. The molecule has 0 aliphatic carbocycles. The van der Waals surface area contributed by atoms with Crippen molar-refractivity contribution in [3.63, 3.8) is 0 Å². The summed E-state index contributed by atoms with van der Waals surface area (Å²) >= 11 is 0. The van der Waals surface area contributed by atoms with Crippen molar-refractivity contribution in [1.82, 2.24) is 0 Å². The highest BCUT2D eigenvalue weighted by atomic mass is 17.2. The number of hydrogen-bond donors (Lipinski definition) is 0. The summed E-state index contributed by atoms with van der Waals surface area (Å²) in [7, 11) is 3.30. The Morgan fingerprint density at radius 1 is 0.406 bits per heavy atom. The second-order valence-corrected chi connectivity index (χ2v) is 7.08. The van der Waals surface area contributed by atoms with Crippen LogP contribution in [0.5, 0.6) is 34.5 Å². The van der Waals surface area contributed by atoms with Crippen LogP contribution in [0.1, 0.15) is 11.1 Å². The van der Waals surface area contributed by atoms with Crippen molar-refractivity contribution in [3.05, 3.63) is 108 Å². The molecule has 0 aliphatic heterocycles. The number of methoxy groups -OCH3 is 2. The fourth-order valence-electron chi connectivity index (χ4n) is 3.08. The highest BCUT2D eigenvalue weighted by molar-refractivity contribution is 5.38. The van der Waals surface area contributed by atoms with Crippen LogP contribution in [0.15, 0.2) is 97.1 Å². The third kappa shape index (κ3) is 5.73. The normalized spacial score (nSPS) is 10.3. The van der Waals surface area contributed by atoms with E-state index in [2.05, 4.69) is 12.1 Å². The predicted octanol–water partition coefficient (Wildman–Crippen LogP) is 6.46. The molecule has 5 nitrogen and oxygen atoms in total. The molecule has 4 aromatic carbocycles. The van der Waals surface area contributed by atoms with Crippen molar-refractivity contribution in [2.24, 2.45) is 0 Å². The van der Waals surface area contributed by atoms with Crippen molar-refractivity contribution in [2.45, 2.75) is 6.42 Å². The van der Waals surface area contributed by atoms with Crippen LogP contribution in [0.2, 0.25) is 0 Å². The number of rotatable bonds is 9. The summed E-state index contributed by atoms with van der Waals surface area (Å²) in [5.41, 5.74) is 2.40. The van der Waals surface area contributed by atoms with Gasteiger partial charge in [0, 0.05) is 0 Å². The van der Waals surface area contributed by atoms with E-state index in [1.54, 1.807) is 26.4 Å². The van der Waals surface area contributed by atoms with Gasteiger partial charge >= 0.3 is 0 Å². The molecule has 0 radical (unpaired) electrons. The van der Waals surface area contributed by atoms with Gasteiger partial charge in [-0.3, -0.25) is 9.78 Å². The molecule has 0 unspecified atom stereocenters. The Hall–Kier alpha value is -4.12. The van der Waals surface area contributed by atoms with E-state index in [-0.39, 0.29) is 0 Å². The average Bonchev–Trinajstić information content (AvgIpc) is 2.85. The lowest BCUT2D eigenvalue weighted by Gasteiger charge is -2.09. The number of ether oxygens (including phenoxy) is 3. The quantitative estimate of drug-likeness (QED) is 0.226. The topological polar surface area (TPSA) is 46.2 Å². The lowest BCUT2D eigenvalue weighted by Crippen LogP contribution is -2.00. The van der Waals surface area contributed by atoms with Crippen LogP contribution in [0.25, 0.3) is 0 Å². The van der Waals surface area contributed by atoms with Gasteiger partial charge in [0.05, 0.1) is 14.2 Å². The summed E-state index contributed by atoms with van der Waals surface area (Å²) in [6, 6.07) is 30.5. The van der Waals surface area contributed by atoms with Gasteiger partial charge in [0.25, 0.3) is 0 Å². The summed E-state index contributed by atoms with van der Waals surface area (Å²) in [4.78, 5) is 10.9. The molecule has 0 atom stereocenters. The molecule has 0 aromatic heterocycles. The van der Waals surface area contributed by atoms with Gasteiger partial charge in [0.2, 0.25) is 0 Å². The van der Waals surface area contributed by atoms with Gasteiger partial charge in [-0.1, -0.05) is 24.3 Å². The monoisotopic (exact) mass is 428 g/mol. The molecule has 4 rings (SSSR count). The molecule has 32 heavy (non-hydrogen) atoms. The van der Waals surface area contributed by atoms with E-state index in [9.17, 15) is 0 Å². The van der Waals surface area contributed by atoms with E-state index in [0.717, 1.165) is 23.7 Å². The third-order valence-electron chi connectivity index (χ3n) is 4.84. The molecule has 0 saturated heterocycles. The number of benzene rings is 4. The largest absolute Gasteiger partial charge is 0.497 e. The zero-order valence-corrected chi connectivity index (χ0v) is 18.0. The van der Waals surface area contributed by atoms with Gasteiger partial charge < -0.3 is 14.2 Å². The highest BCUT2D eigenvalue weighted by Crippen LogP contribution is 2.26. The van der Waals surface area contributed by atoms with E-state index in [1.165, 1.54) is 11.1 Å². The van der Waals surface area contributed by atoms with Crippen molar-refractivity contribution in [1.29, 1.82) is 0 Å². The SMILES string of the molecule is COc1ccc(Cc2ccc(OOc3ccc(Oc4ccc(OC)cc4)cc3)cc2)cc1. The maximum absolute atomic E-state index is 5.81. The molecule has 0 amide bonds. The molecule has 0 saturated carbocycles. The lowest BCUT2D eigenvalue weighted by molar-refractivity contribution is -0.0999. The van der Waals surface area contributed by atoms with Gasteiger partial charge in [-0.05, 0) is 90.3 Å². The first-order valence-corrected chi connectivity index (χ1v) is 10.2. The Morgan fingerprint density at radius 3 is 1.12 bits per heavy atom. The summed E-state index contributed by atoms with van der Waals surface area (Å²) in [6.45, 7) is 0. The minimum absolute atomic E-state index is 0.578. The van der Waals surface area contributed by atoms with Crippen LogP contribution >= 0.6 is 0 Å². The van der Waals surface area contributed by atoms with Crippen LogP contribution in [-0.4, -0.2) is 14.2 Å². The van der Waals surface area contributed by atoms with E-state index in [1.807, 2.05) is 72.8 Å². The minimum atomic E-state index is 0.578. The highest BCUT2D eigenvalue weighted by Gasteiger charge is 2.03. The second-order valence-electron chi connectivity index (χ2n) is 7.08. The lowest BCUT2D eigenvalue weighted by atomic mass is 10.0. The van der Waals surface area contributed by atoms with Crippen molar-refractivity contribution in [3.8, 4) is 34.5 Å². The van der Waals surface area contributed by atoms with Gasteiger partial charge in [-0.15, -0.1) is 0 Å². The molecule has 0 fully saturated rings. The number of hydrogen-bond acceptors (Lipinski definition) is 5. The molecule has 0 bridgehead atoms. The predicted molar refractivity (Wildman–Crippen MR) is 123 cm³/mol. The Bertz CT molecular complexity index is 1010. The second kappa shape index (κ2) is 10.3. The summed E-state index contributed by atoms with van der Waals surface area (Å²) < 4.78 is 16.2. The van der Waals surface area contributed by atoms with Crippen LogP contribution in [0, 0.1) is 0 Å². The van der Waals surface area contributed by atoms with Crippen LogP contribution in [-0.2, 0) is 6.42 Å². The third-order valence-corrected chi connectivity index (χ3v) is 4.84. The maximum Gasteiger partial charge on any atom is 0.178 e. The van der Waals surface area contributed by atoms with Crippen LogP contribution in [0.3, 0.4) is 0 Å². The van der Waals surface area contributed by atoms with Crippen molar-refractivity contribution < 1.29 is 24.0 Å². The van der Waals surface area contributed by atoms with Gasteiger partial charge in [-0.2, -0.15) is 0 Å². The Morgan fingerprint density at radius 2 is 0.719 bits per heavy atom. The van der Waals surface area contributed by atoms with Crippen molar-refractivity contribution >= 4 is 0 Å². The first-order chi connectivity index (χ1) is 15.7. The maximum atomic E-state index is 5.81. The molecule has 0 heterocycles. The summed E-state index contributed by atoms with van der Waals surface area (Å²) in [6.07, 6.45) is 0.834. The molecule has 0 spiro atoms. The molecule has 5 heteroatoms. The van der Waals surface area contributed by atoms with E-state index in [4.69, 9.17) is 24.0 Å². The fraction of sp³-hybridized carbons (Fsp3) is 0.111. The fourth-order valence-corrected chi connectivity index (χ4v) is 3.08. The standard InChI is InChI=1S/C27H24O5/c1-28-22-7-3-20(4-8-22)19-21-5-9-26(10-6-21)31-32-27-17-15-25(16-18-27)30-24-13-11-23(29-2)12-14-24/h3-18H,19H2,1-2H3.